The lowest BCUT2D eigenvalue weighted by Crippen LogP contribution is -2.55. The summed E-state index contributed by atoms with van der Waals surface area (Å²) >= 11 is 0. The van der Waals surface area contributed by atoms with E-state index in [2.05, 4.69) is 36.3 Å². The van der Waals surface area contributed by atoms with Crippen LogP contribution in [0.25, 0.3) is 0 Å². The maximum atomic E-state index is 5.58. The van der Waals surface area contributed by atoms with E-state index in [1.165, 1.54) is 5.56 Å². The van der Waals surface area contributed by atoms with E-state index < -0.39 is 0 Å². The summed E-state index contributed by atoms with van der Waals surface area (Å²) < 4.78 is 11.0. The molecule has 1 aliphatic heterocycles. The van der Waals surface area contributed by atoms with Crippen LogP contribution >= 0.6 is 0 Å². The zero-order chi connectivity index (χ0) is 14.0. The van der Waals surface area contributed by atoms with Crippen molar-refractivity contribution in [1.29, 1.82) is 0 Å². The van der Waals surface area contributed by atoms with Gasteiger partial charge in [0.2, 0.25) is 0 Å². The number of benzene rings is 1. The van der Waals surface area contributed by atoms with Crippen LogP contribution in [0.3, 0.4) is 0 Å². The molecule has 1 aromatic carbocycles. The standard InChI is InChI=1S/C15H24N2O2/c1-11-8-14(19-5)12(9-13(11)18-4)15(2)10-16-6-7-17(15)3/h8-9,16H,6-7,10H2,1-5H3. The minimum atomic E-state index is -0.0788. The number of likely N-dealkylation sites (N-methyl/N-ethyl adjacent to an activating group) is 1. The van der Waals surface area contributed by atoms with Gasteiger partial charge in [-0.3, -0.25) is 4.90 Å². The Morgan fingerprint density at radius 3 is 2.47 bits per heavy atom. The molecule has 0 spiro atoms. The number of aryl methyl sites for hydroxylation is 1. The lowest BCUT2D eigenvalue weighted by molar-refractivity contribution is 0.101. The predicted molar refractivity (Wildman–Crippen MR) is 77.1 cm³/mol. The summed E-state index contributed by atoms with van der Waals surface area (Å²) in [5, 5.41) is 3.47. The van der Waals surface area contributed by atoms with Crippen LogP contribution in [0.1, 0.15) is 18.1 Å². The molecule has 1 heterocycles. The van der Waals surface area contributed by atoms with Gasteiger partial charge in [0.1, 0.15) is 11.5 Å². The molecule has 0 radical (unpaired) electrons. The van der Waals surface area contributed by atoms with E-state index in [-0.39, 0.29) is 5.54 Å². The number of nitrogens with zero attached hydrogens (tertiary/aromatic N) is 1. The SMILES string of the molecule is COc1cc(C2(C)CNCCN2C)c(OC)cc1C. The van der Waals surface area contributed by atoms with Gasteiger partial charge in [0, 0.05) is 25.2 Å². The van der Waals surface area contributed by atoms with Crippen molar-refractivity contribution in [2.45, 2.75) is 19.4 Å². The molecule has 0 aliphatic carbocycles. The van der Waals surface area contributed by atoms with Crippen molar-refractivity contribution in [2.75, 3.05) is 40.9 Å². The summed E-state index contributed by atoms with van der Waals surface area (Å²) in [5.41, 5.74) is 2.19. The first kappa shape index (κ1) is 14.2. The number of nitrogens with one attached hydrogen (secondary N) is 1. The van der Waals surface area contributed by atoms with Gasteiger partial charge in [-0.05, 0) is 38.6 Å². The topological polar surface area (TPSA) is 33.7 Å². The largest absolute Gasteiger partial charge is 0.496 e. The van der Waals surface area contributed by atoms with Gasteiger partial charge in [-0.1, -0.05) is 0 Å². The Bertz CT molecular complexity index is 462. The van der Waals surface area contributed by atoms with Gasteiger partial charge in [0.15, 0.2) is 0 Å². The molecule has 1 atom stereocenters. The van der Waals surface area contributed by atoms with Gasteiger partial charge in [-0.2, -0.15) is 0 Å². The van der Waals surface area contributed by atoms with E-state index >= 15 is 0 Å². The number of rotatable bonds is 3. The molecule has 2 rings (SSSR count). The fraction of sp³-hybridized carbons (Fsp3) is 0.600. The second-order valence-corrected chi connectivity index (χ2v) is 5.39. The van der Waals surface area contributed by atoms with Gasteiger partial charge in [0.05, 0.1) is 19.8 Å². The lowest BCUT2D eigenvalue weighted by Gasteiger charge is -2.44. The molecule has 1 aromatic rings. The van der Waals surface area contributed by atoms with E-state index in [1.54, 1.807) is 14.2 Å². The second-order valence-electron chi connectivity index (χ2n) is 5.39. The van der Waals surface area contributed by atoms with Crippen LogP contribution in [0.2, 0.25) is 0 Å². The molecule has 106 valence electrons. The van der Waals surface area contributed by atoms with Gasteiger partial charge >= 0.3 is 0 Å². The van der Waals surface area contributed by atoms with Crippen molar-refractivity contribution in [2.24, 2.45) is 0 Å². The number of methoxy groups -OCH3 is 2. The van der Waals surface area contributed by atoms with Crippen molar-refractivity contribution in [3.05, 3.63) is 23.3 Å². The fourth-order valence-corrected chi connectivity index (χ4v) is 2.73. The average Bonchev–Trinajstić information content (AvgIpc) is 2.41. The van der Waals surface area contributed by atoms with Crippen LogP contribution in [-0.4, -0.2) is 45.8 Å². The molecule has 1 unspecified atom stereocenters. The van der Waals surface area contributed by atoms with Gasteiger partial charge < -0.3 is 14.8 Å². The molecular weight excluding hydrogens is 240 g/mol. The number of hydrogen-bond donors (Lipinski definition) is 1. The lowest BCUT2D eigenvalue weighted by atomic mass is 9.87. The van der Waals surface area contributed by atoms with Crippen LogP contribution in [0.15, 0.2) is 12.1 Å². The van der Waals surface area contributed by atoms with E-state index in [9.17, 15) is 0 Å². The number of ether oxygens (including phenoxy) is 2. The molecule has 0 aromatic heterocycles. The van der Waals surface area contributed by atoms with Crippen molar-refractivity contribution in [3.63, 3.8) is 0 Å². The van der Waals surface area contributed by atoms with E-state index in [0.29, 0.717) is 0 Å². The average molecular weight is 264 g/mol. The third kappa shape index (κ3) is 2.42. The number of hydrogen-bond acceptors (Lipinski definition) is 4. The van der Waals surface area contributed by atoms with Crippen molar-refractivity contribution in [3.8, 4) is 11.5 Å². The van der Waals surface area contributed by atoms with E-state index in [0.717, 1.165) is 36.7 Å². The van der Waals surface area contributed by atoms with Gasteiger partial charge in [-0.15, -0.1) is 0 Å². The Hall–Kier alpha value is -1.26. The summed E-state index contributed by atoms with van der Waals surface area (Å²) in [5.74, 6) is 1.84. The van der Waals surface area contributed by atoms with Gasteiger partial charge in [-0.25, -0.2) is 0 Å². The molecule has 1 N–H and O–H groups in total. The molecule has 4 heteroatoms. The fourth-order valence-electron chi connectivity index (χ4n) is 2.73. The Morgan fingerprint density at radius 1 is 1.21 bits per heavy atom. The second kappa shape index (κ2) is 5.39. The molecular formula is C15H24N2O2. The smallest absolute Gasteiger partial charge is 0.124 e. The van der Waals surface area contributed by atoms with Crippen LogP contribution in [0.5, 0.6) is 11.5 Å². The molecule has 0 bridgehead atoms. The Balaban J connectivity index is 2.53. The van der Waals surface area contributed by atoms with Crippen LogP contribution in [0, 0.1) is 6.92 Å². The van der Waals surface area contributed by atoms with Crippen molar-refractivity contribution in [1.82, 2.24) is 10.2 Å². The highest BCUT2D eigenvalue weighted by atomic mass is 16.5. The first-order valence-corrected chi connectivity index (χ1v) is 6.68. The first-order chi connectivity index (χ1) is 9.02. The van der Waals surface area contributed by atoms with Crippen LogP contribution in [0.4, 0.5) is 0 Å². The molecule has 1 fully saturated rings. The Morgan fingerprint density at radius 2 is 1.89 bits per heavy atom. The van der Waals surface area contributed by atoms with Crippen molar-refractivity contribution < 1.29 is 9.47 Å². The normalized spacial score (nSPS) is 24.3. The number of piperazine rings is 1. The highest BCUT2D eigenvalue weighted by Gasteiger charge is 2.36. The van der Waals surface area contributed by atoms with Crippen LogP contribution in [-0.2, 0) is 5.54 Å². The van der Waals surface area contributed by atoms with E-state index in [4.69, 9.17) is 9.47 Å². The molecule has 1 saturated heterocycles. The third-order valence-corrected chi connectivity index (χ3v) is 4.23. The minimum absolute atomic E-state index is 0.0788. The molecule has 0 saturated carbocycles. The summed E-state index contributed by atoms with van der Waals surface area (Å²) in [6.45, 7) is 7.24. The highest BCUT2D eigenvalue weighted by Crippen LogP contribution is 2.38. The van der Waals surface area contributed by atoms with Gasteiger partial charge in [0.25, 0.3) is 0 Å². The Kier molecular flexibility index (Phi) is 4.02. The molecule has 4 nitrogen and oxygen atoms in total. The Labute approximate surface area is 115 Å². The molecule has 0 amide bonds. The van der Waals surface area contributed by atoms with Crippen LogP contribution < -0.4 is 14.8 Å². The summed E-state index contributed by atoms with van der Waals surface area (Å²) in [6, 6.07) is 4.17. The highest BCUT2D eigenvalue weighted by molar-refractivity contribution is 5.49. The quantitative estimate of drug-likeness (QED) is 0.902. The zero-order valence-corrected chi connectivity index (χ0v) is 12.5. The minimum Gasteiger partial charge on any atom is -0.496 e. The monoisotopic (exact) mass is 264 g/mol. The molecule has 19 heavy (non-hydrogen) atoms. The summed E-state index contributed by atoms with van der Waals surface area (Å²) in [6.07, 6.45) is 0. The van der Waals surface area contributed by atoms with E-state index in [1.807, 2.05) is 6.92 Å². The first-order valence-electron chi connectivity index (χ1n) is 6.68. The maximum absolute atomic E-state index is 5.58. The molecule has 1 aliphatic rings. The maximum Gasteiger partial charge on any atom is 0.124 e. The summed E-state index contributed by atoms with van der Waals surface area (Å²) in [7, 11) is 5.60. The predicted octanol–water partition coefficient (Wildman–Crippen LogP) is 1.76. The zero-order valence-electron chi connectivity index (χ0n) is 12.5. The third-order valence-electron chi connectivity index (χ3n) is 4.23. The summed E-state index contributed by atoms with van der Waals surface area (Å²) in [4.78, 5) is 2.37. The van der Waals surface area contributed by atoms with Crippen molar-refractivity contribution >= 4 is 0 Å².